The number of hydrogen-bond donors (Lipinski definition) is 0. The third-order valence-corrected chi connectivity index (χ3v) is 5.04. The van der Waals surface area contributed by atoms with Gasteiger partial charge in [0.1, 0.15) is 5.75 Å². The first-order valence-corrected chi connectivity index (χ1v) is 9.69. The van der Waals surface area contributed by atoms with Gasteiger partial charge in [-0.25, -0.2) is 0 Å². The van der Waals surface area contributed by atoms with Crippen molar-refractivity contribution in [2.45, 2.75) is 6.92 Å². The number of rotatable bonds is 5. The zero-order valence-corrected chi connectivity index (χ0v) is 16.7. The molecule has 0 bridgehead atoms. The zero-order valence-electron chi connectivity index (χ0n) is 16.7. The maximum atomic E-state index is 12.4. The molecule has 7 nitrogen and oxygen atoms in total. The van der Waals surface area contributed by atoms with Crippen molar-refractivity contribution in [1.82, 2.24) is 19.9 Å². The molecule has 29 heavy (non-hydrogen) atoms. The number of benzene rings is 2. The number of aryl methyl sites for hydroxylation is 1. The van der Waals surface area contributed by atoms with Gasteiger partial charge in [-0.2, -0.15) is 4.98 Å². The van der Waals surface area contributed by atoms with Gasteiger partial charge in [-0.1, -0.05) is 41.1 Å². The fourth-order valence-corrected chi connectivity index (χ4v) is 3.17. The van der Waals surface area contributed by atoms with Crippen LogP contribution in [0.4, 0.5) is 0 Å². The molecule has 150 valence electrons. The number of aromatic nitrogens is 2. The van der Waals surface area contributed by atoms with Crippen molar-refractivity contribution in [3.8, 4) is 28.6 Å². The predicted octanol–water partition coefficient (Wildman–Crippen LogP) is 2.86. The van der Waals surface area contributed by atoms with E-state index in [9.17, 15) is 4.79 Å². The van der Waals surface area contributed by atoms with Gasteiger partial charge < -0.3 is 19.1 Å². The largest absolute Gasteiger partial charge is 0.484 e. The minimum Gasteiger partial charge on any atom is -0.484 e. The Morgan fingerprint density at radius 1 is 1.07 bits per heavy atom. The highest BCUT2D eigenvalue weighted by Gasteiger charge is 2.19. The molecule has 0 unspecified atom stereocenters. The van der Waals surface area contributed by atoms with Gasteiger partial charge in [0.2, 0.25) is 5.82 Å². The van der Waals surface area contributed by atoms with Crippen LogP contribution in [0.3, 0.4) is 0 Å². The molecule has 0 saturated carbocycles. The summed E-state index contributed by atoms with van der Waals surface area (Å²) in [7, 11) is 2.06. The molecule has 7 heteroatoms. The topological polar surface area (TPSA) is 71.7 Å². The van der Waals surface area contributed by atoms with E-state index in [1.807, 2.05) is 60.4 Å². The summed E-state index contributed by atoms with van der Waals surface area (Å²) >= 11 is 0. The van der Waals surface area contributed by atoms with Gasteiger partial charge in [0, 0.05) is 37.3 Å². The summed E-state index contributed by atoms with van der Waals surface area (Å²) in [4.78, 5) is 20.9. The summed E-state index contributed by atoms with van der Waals surface area (Å²) in [5.74, 6) is 1.55. The summed E-state index contributed by atoms with van der Waals surface area (Å²) in [5.41, 5.74) is 2.82. The van der Waals surface area contributed by atoms with Gasteiger partial charge in [-0.05, 0) is 32.2 Å². The fraction of sp³-hybridized carbons (Fsp3) is 0.318. The second-order valence-electron chi connectivity index (χ2n) is 7.29. The van der Waals surface area contributed by atoms with E-state index in [2.05, 4.69) is 22.1 Å². The molecular formula is C22H24N4O3. The highest BCUT2D eigenvalue weighted by Crippen LogP contribution is 2.25. The number of piperazine rings is 1. The molecule has 1 saturated heterocycles. The number of hydrogen-bond acceptors (Lipinski definition) is 6. The van der Waals surface area contributed by atoms with Gasteiger partial charge >= 0.3 is 0 Å². The second-order valence-corrected chi connectivity index (χ2v) is 7.29. The zero-order chi connectivity index (χ0) is 20.2. The molecule has 1 aliphatic rings. The Bertz CT molecular complexity index is 976. The average molecular weight is 392 g/mol. The quantitative estimate of drug-likeness (QED) is 0.665. The van der Waals surface area contributed by atoms with Gasteiger partial charge in [0.15, 0.2) is 6.61 Å². The minimum absolute atomic E-state index is 0.00273. The standard InChI is InChI=1S/C22H24N4O3/c1-16-6-8-17(9-7-16)21-23-22(29-24-21)18-4-3-5-19(14-18)28-15-20(27)26-12-10-25(2)11-13-26/h3-9,14H,10-13,15H2,1-2H3. The summed E-state index contributed by atoms with van der Waals surface area (Å²) in [6, 6.07) is 15.3. The van der Waals surface area contributed by atoms with E-state index >= 15 is 0 Å². The summed E-state index contributed by atoms with van der Waals surface area (Å²) in [6.07, 6.45) is 0. The molecule has 0 aliphatic carbocycles. The predicted molar refractivity (Wildman–Crippen MR) is 109 cm³/mol. The van der Waals surface area contributed by atoms with Crippen LogP contribution in [0.2, 0.25) is 0 Å². The first-order chi connectivity index (χ1) is 14.1. The van der Waals surface area contributed by atoms with Crippen molar-refractivity contribution in [2.24, 2.45) is 0 Å². The number of carbonyl (C=O) groups is 1. The number of carbonyl (C=O) groups excluding carboxylic acids is 1. The van der Waals surface area contributed by atoms with Crippen molar-refractivity contribution >= 4 is 5.91 Å². The molecule has 1 aliphatic heterocycles. The highest BCUT2D eigenvalue weighted by atomic mass is 16.5. The lowest BCUT2D eigenvalue weighted by Crippen LogP contribution is -2.48. The molecule has 0 atom stereocenters. The molecule has 2 aromatic carbocycles. The van der Waals surface area contributed by atoms with Gasteiger partial charge in [0.05, 0.1) is 0 Å². The first-order valence-electron chi connectivity index (χ1n) is 9.69. The van der Waals surface area contributed by atoms with Crippen LogP contribution in [0.25, 0.3) is 22.8 Å². The van der Waals surface area contributed by atoms with Crippen LogP contribution < -0.4 is 4.74 Å². The van der Waals surface area contributed by atoms with E-state index in [0.29, 0.717) is 17.5 Å². The van der Waals surface area contributed by atoms with Crippen LogP contribution in [0.1, 0.15) is 5.56 Å². The van der Waals surface area contributed by atoms with Crippen LogP contribution in [-0.4, -0.2) is 65.7 Å². The summed E-state index contributed by atoms with van der Waals surface area (Å²) < 4.78 is 11.1. The number of amides is 1. The van der Waals surface area contributed by atoms with Crippen LogP contribution in [0.15, 0.2) is 53.1 Å². The Labute approximate surface area is 169 Å². The van der Waals surface area contributed by atoms with Crippen LogP contribution in [0.5, 0.6) is 5.75 Å². The lowest BCUT2D eigenvalue weighted by molar-refractivity contribution is -0.134. The smallest absolute Gasteiger partial charge is 0.260 e. The van der Waals surface area contributed by atoms with Crippen molar-refractivity contribution in [3.05, 3.63) is 54.1 Å². The molecule has 1 amide bonds. The van der Waals surface area contributed by atoms with Crippen molar-refractivity contribution in [2.75, 3.05) is 39.8 Å². The van der Waals surface area contributed by atoms with Crippen LogP contribution >= 0.6 is 0 Å². The Balaban J connectivity index is 1.41. The van der Waals surface area contributed by atoms with Crippen molar-refractivity contribution < 1.29 is 14.1 Å². The minimum atomic E-state index is 0.00273. The summed E-state index contributed by atoms with van der Waals surface area (Å²) in [6.45, 7) is 5.31. The molecule has 4 rings (SSSR count). The van der Waals surface area contributed by atoms with E-state index in [1.165, 1.54) is 5.56 Å². The normalized spacial score (nSPS) is 14.8. The second kappa shape index (κ2) is 8.45. The lowest BCUT2D eigenvalue weighted by Gasteiger charge is -2.32. The first kappa shape index (κ1) is 19.1. The molecule has 1 aromatic heterocycles. The number of ether oxygens (including phenoxy) is 1. The maximum absolute atomic E-state index is 12.4. The summed E-state index contributed by atoms with van der Waals surface area (Å²) in [5, 5.41) is 4.07. The Morgan fingerprint density at radius 3 is 2.59 bits per heavy atom. The van der Waals surface area contributed by atoms with E-state index in [-0.39, 0.29) is 12.5 Å². The van der Waals surface area contributed by atoms with Crippen LogP contribution in [0, 0.1) is 6.92 Å². The molecular weight excluding hydrogens is 368 g/mol. The average Bonchev–Trinajstić information content (AvgIpc) is 3.24. The molecule has 0 radical (unpaired) electrons. The van der Waals surface area contributed by atoms with Crippen LogP contribution in [-0.2, 0) is 4.79 Å². The van der Waals surface area contributed by atoms with Gasteiger partial charge in [-0.15, -0.1) is 0 Å². The highest BCUT2D eigenvalue weighted by molar-refractivity contribution is 5.78. The lowest BCUT2D eigenvalue weighted by atomic mass is 10.1. The third-order valence-electron chi connectivity index (χ3n) is 5.04. The Kier molecular flexibility index (Phi) is 5.57. The van der Waals surface area contributed by atoms with E-state index in [4.69, 9.17) is 9.26 Å². The Morgan fingerprint density at radius 2 is 1.83 bits per heavy atom. The molecule has 0 spiro atoms. The Hall–Kier alpha value is -3.19. The molecule has 3 aromatic rings. The van der Waals surface area contributed by atoms with E-state index in [0.717, 1.165) is 37.3 Å². The SMILES string of the molecule is Cc1ccc(-c2noc(-c3cccc(OCC(=O)N4CCN(C)CC4)c3)n2)cc1. The maximum Gasteiger partial charge on any atom is 0.260 e. The number of likely N-dealkylation sites (N-methyl/N-ethyl adjacent to an activating group) is 1. The van der Waals surface area contributed by atoms with Gasteiger partial charge in [0.25, 0.3) is 11.8 Å². The molecule has 0 N–H and O–H groups in total. The molecule has 1 fully saturated rings. The van der Waals surface area contributed by atoms with E-state index in [1.54, 1.807) is 0 Å². The fourth-order valence-electron chi connectivity index (χ4n) is 3.17. The number of nitrogens with zero attached hydrogens (tertiary/aromatic N) is 4. The van der Waals surface area contributed by atoms with Crippen molar-refractivity contribution in [3.63, 3.8) is 0 Å². The van der Waals surface area contributed by atoms with E-state index < -0.39 is 0 Å². The van der Waals surface area contributed by atoms with Crippen molar-refractivity contribution in [1.29, 1.82) is 0 Å². The molecule has 2 heterocycles. The van der Waals surface area contributed by atoms with Gasteiger partial charge in [-0.3, -0.25) is 4.79 Å². The monoisotopic (exact) mass is 392 g/mol. The third kappa shape index (κ3) is 4.63.